The van der Waals surface area contributed by atoms with Gasteiger partial charge < -0.3 is 9.88 Å². The van der Waals surface area contributed by atoms with E-state index in [1.807, 2.05) is 35.8 Å². The number of aryl methyl sites for hydroxylation is 1. The first-order chi connectivity index (χ1) is 18.6. The summed E-state index contributed by atoms with van der Waals surface area (Å²) in [6, 6.07) is 11.6. The van der Waals surface area contributed by atoms with Crippen molar-refractivity contribution in [1.29, 1.82) is 0 Å². The molecule has 0 atom stereocenters. The Morgan fingerprint density at radius 1 is 1.08 bits per heavy atom. The Hall–Kier alpha value is -4.30. The number of nitro benzene ring substituents is 1. The van der Waals surface area contributed by atoms with Crippen molar-refractivity contribution in [2.45, 2.75) is 39.0 Å². The van der Waals surface area contributed by atoms with Crippen molar-refractivity contribution < 1.29 is 14.6 Å². The first-order valence-electron chi connectivity index (χ1n) is 11.7. The third kappa shape index (κ3) is 6.07. The molecule has 0 radical (unpaired) electrons. The maximum atomic E-state index is 12.5. The summed E-state index contributed by atoms with van der Waals surface area (Å²) in [6.45, 7) is 6.18. The molecule has 0 saturated heterocycles. The zero-order chi connectivity index (χ0) is 28.3. The Balaban J connectivity index is 1.43. The van der Waals surface area contributed by atoms with Crippen LogP contribution in [0.4, 0.5) is 17.1 Å². The fraction of sp³-hybridized carbons (Fsp3) is 0.250. The quantitative estimate of drug-likeness (QED) is 0.156. The summed E-state index contributed by atoms with van der Waals surface area (Å²) in [5.41, 5.74) is 2.60. The molecule has 1 N–H and O–H groups in total. The van der Waals surface area contributed by atoms with Gasteiger partial charge in [0.1, 0.15) is 16.4 Å². The van der Waals surface area contributed by atoms with Gasteiger partial charge in [-0.25, -0.2) is 0 Å². The number of carbonyl (C=O) groups is 1. The van der Waals surface area contributed by atoms with Gasteiger partial charge in [0.05, 0.1) is 22.1 Å². The van der Waals surface area contributed by atoms with Crippen molar-refractivity contribution >= 4 is 46.3 Å². The maximum absolute atomic E-state index is 12.5. The van der Waals surface area contributed by atoms with Crippen LogP contribution in [0, 0.1) is 34.1 Å². The van der Waals surface area contributed by atoms with Gasteiger partial charge in [0.2, 0.25) is 5.91 Å². The fourth-order valence-corrected chi connectivity index (χ4v) is 4.98. The molecule has 4 aromatic rings. The lowest BCUT2D eigenvalue weighted by atomic mass is 10.1. The summed E-state index contributed by atoms with van der Waals surface area (Å²) in [7, 11) is 0. The maximum Gasteiger partial charge on any atom is 0.312 e. The summed E-state index contributed by atoms with van der Waals surface area (Å²) >= 11 is 7.01. The molecule has 0 spiro atoms. The van der Waals surface area contributed by atoms with Gasteiger partial charge in [-0.2, -0.15) is 5.10 Å². The molecule has 2 aromatic carbocycles. The number of thioether (sulfide) groups is 1. The van der Waals surface area contributed by atoms with Crippen LogP contribution in [0.5, 0.6) is 0 Å². The van der Waals surface area contributed by atoms with Gasteiger partial charge in [0.15, 0.2) is 11.0 Å². The van der Waals surface area contributed by atoms with Gasteiger partial charge in [-0.1, -0.05) is 47.6 Å². The number of hydrogen-bond donors (Lipinski definition) is 1. The fourth-order valence-electron chi connectivity index (χ4n) is 3.99. The highest BCUT2D eigenvalue weighted by Gasteiger charge is 2.22. The van der Waals surface area contributed by atoms with Crippen molar-refractivity contribution in [2.24, 2.45) is 0 Å². The van der Waals surface area contributed by atoms with Gasteiger partial charge in [-0.05, 0) is 38.5 Å². The molecule has 2 aromatic heterocycles. The molecule has 0 aliphatic heterocycles. The van der Waals surface area contributed by atoms with Crippen molar-refractivity contribution in [3.63, 3.8) is 0 Å². The molecule has 1 amide bonds. The number of rotatable bonds is 10. The highest BCUT2D eigenvalue weighted by Crippen LogP contribution is 2.29. The average Bonchev–Trinajstić information content (AvgIpc) is 3.43. The van der Waals surface area contributed by atoms with Gasteiger partial charge in [-0.3, -0.25) is 29.7 Å². The van der Waals surface area contributed by atoms with E-state index in [9.17, 15) is 25.0 Å². The Morgan fingerprint density at radius 2 is 1.79 bits per heavy atom. The summed E-state index contributed by atoms with van der Waals surface area (Å²) in [5, 5.41) is 38.3. The normalized spacial score (nSPS) is 11.0. The predicted molar refractivity (Wildman–Crippen MR) is 146 cm³/mol. The summed E-state index contributed by atoms with van der Waals surface area (Å²) in [6.07, 6.45) is 0. The van der Waals surface area contributed by atoms with E-state index < -0.39 is 9.85 Å². The van der Waals surface area contributed by atoms with Crippen LogP contribution in [-0.4, -0.2) is 46.1 Å². The summed E-state index contributed by atoms with van der Waals surface area (Å²) in [5.74, 6) is 0.280. The number of halogens is 1. The number of anilines is 1. The standard InChI is InChI=1S/C24H23ClN8O5S/c1-4-30-23(17-7-5-16(6-8-17)12-31-15(3)22(33(37)38)14(2)29-31)27-28-24(30)39-13-21(34)26-18-9-10-19(25)20(11-18)32(35)36/h5-11H,4,12-13H2,1-3H3,(H,26,34). The molecular weight excluding hydrogens is 548 g/mol. The zero-order valence-corrected chi connectivity index (χ0v) is 22.7. The van der Waals surface area contributed by atoms with E-state index in [1.54, 1.807) is 18.5 Å². The molecule has 0 bridgehead atoms. The number of hydrogen-bond acceptors (Lipinski definition) is 9. The Morgan fingerprint density at radius 3 is 2.41 bits per heavy atom. The zero-order valence-electron chi connectivity index (χ0n) is 21.1. The highest BCUT2D eigenvalue weighted by atomic mass is 35.5. The molecule has 0 fully saturated rings. The van der Waals surface area contributed by atoms with E-state index in [4.69, 9.17) is 11.6 Å². The topological polar surface area (TPSA) is 164 Å². The van der Waals surface area contributed by atoms with Crippen molar-refractivity contribution in [3.8, 4) is 11.4 Å². The van der Waals surface area contributed by atoms with Crippen LogP contribution < -0.4 is 5.32 Å². The van der Waals surface area contributed by atoms with Gasteiger partial charge in [-0.15, -0.1) is 10.2 Å². The number of amides is 1. The molecule has 0 aliphatic carbocycles. The van der Waals surface area contributed by atoms with E-state index >= 15 is 0 Å². The molecule has 0 unspecified atom stereocenters. The van der Waals surface area contributed by atoms with Crippen LogP contribution in [0.1, 0.15) is 23.9 Å². The monoisotopic (exact) mass is 570 g/mol. The number of nitrogens with one attached hydrogen (secondary N) is 1. The van der Waals surface area contributed by atoms with Gasteiger partial charge in [0.25, 0.3) is 5.69 Å². The second kappa shape index (κ2) is 11.6. The number of nitro groups is 2. The third-order valence-corrected chi connectivity index (χ3v) is 7.15. The Labute approximate surface area is 231 Å². The molecule has 39 heavy (non-hydrogen) atoms. The number of aromatic nitrogens is 5. The van der Waals surface area contributed by atoms with Crippen LogP contribution in [0.2, 0.25) is 5.02 Å². The molecule has 13 nitrogen and oxygen atoms in total. The van der Waals surface area contributed by atoms with Crippen molar-refractivity contribution in [2.75, 3.05) is 11.1 Å². The minimum absolute atomic E-state index is 0.0143. The SMILES string of the molecule is CCn1c(SCC(=O)Nc2ccc(Cl)c([N+](=O)[O-])c2)nnc1-c1ccc(Cn2nc(C)c([N+](=O)[O-])c2C)cc1. The summed E-state index contributed by atoms with van der Waals surface area (Å²) in [4.78, 5) is 33.8. The Bertz CT molecular complexity index is 1570. The summed E-state index contributed by atoms with van der Waals surface area (Å²) < 4.78 is 3.49. The first-order valence-corrected chi connectivity index (χ1v) is 13.0. The lowest BCUT2D eigenvalue weighted by Crippen LogP contribution is -2.14. The van der Waals surface area contributed by atoms with E-state index in [2.05, 4.69) is 20.6 Å². The van der Waals surface area contributed by atoms with Gasteiger partial charge in [0, 0.05) is 23.9 Å². The van der Waals surface area contributed by atoms with Gasteiger partial charge >= 0.3 is 5.69 Å². The average molecular weight is 571 g/mol. The second-order valence-electron chi connectivity index (χ2n) is 8.44. The number of benzene rings is 2. The van der Waals surface area contributed by atoms with Crippen molar-refractivity contribution in [1.82, 2.24) is 24.5 Å². The van der Waals surface area contributed by atoms with E-state index in [-0.39, 0.29) is 33.7 Å². The van der Waals surface area contributed by atoms with E-state index in [1.165, 1.54) is 30.0 Å². The lowest BCUT2D eigenvalue weighted by Gasteiger charge is -2.09. The second-order valence-corrected chi connectivity index (χ2v) is 9.79. The Kier molecular flexibility index (Phi) is 8.26. The van der Waals surface area contributed by atoms with Crippen LogP contribution >= 0.6 is 23.4 Å². The van der Waals surface area contributed by atoms with E-state index in [0.29, 0.717) is 35.5 Å². The number of nitrogens with zero attached hydrogens (tertiary/aromatic N) is 7. The molecule has 4 rings (SSSR count). The van der Waals surface area contributed by atoms with Crippen LogP contribution in [0.15, 0.2) is 47.6 Å². The van der Waals surface area contributed by atoms with E-state index in [0.717, 1.165) is 11.1 Å². The molecule has 202 valence electrons. The highest BCUT2D eigenvalue weighted by molar-refractivity contribution is 7.99. The minimum Gasteiger partial charge on any atom is -0.325 e. The van der Waals surface area contributed by atoms with Crippen molar-refractivity contribution in [3.05, 3.63) is 84.7 Å². The van der Waals surface area contributed by atoms with Crippen LogP contribution in [0.25, 0.3) is 11.4 Å². The largest absolute Gasteiger partial charge is 0.325 e. The lowest BCUT2D eigenvalue weighted by molar-refractivity contribution is -0.386. The first kappa shape index (κ1) is 27.7. The minimum atomic E-state index is -0.615. The molecule has 0 aliphatic rings. The third-order valence-electron chi connectivity index (χ3n) is 5.86. The van der Waals surface area contributed by atoms with Crippen LogP contribution in [-0.2, 0) is 17.9 Å². The molecular formula is C24H23ClN8O5S. The molecule has 0 saturated carbocycles. The molecule has 15 heteroatoms. The predicted octanol–water partition coefficient (Wildman–Crippen LogP) is 5.03. The number of carbonyl (C=O) groups excluding carboxylic acids is 1. The smallest absolute Gasteiger partial charge is 0.312 e. The van der Waals surface area contributed by atoms with Crippen LogP contribution in [0.3, 0.4) is 0 Å². The molecule has 2 heterocycles.